The Morgan fingerprint density at radius 1 is 0.969 bits per heavy atom. The van der Waals surface area contributed by atoms with Crippen LogP contribution in [0.1, 0.15) is 83.8 Å². The van der Waals surface area contributed by atoms with Gasteiger partial charge in [0.2, 0.25) is 0 Å². The Labute approximate surface area is 193 Å². The first-order valence-corrected chi connectivity index (χ1v) is 11.3. The van der Waals surface area contributed by atoms with Crippen LogP contribution in [0.5, 0.6) is 0 Å². The molecular weight excluding hydrogens is 404 g/mol. The molecule has 3 rings (SSSR count). The molecule has 0 aliphatic carbocycles. The van der Waals surface area contributed by atoms with Crippen LogP contribution in [0.2, 0.25) is 0 Å². The molecule has 6 heteroatoms. The molecule has 4 nitrogen and oxygen atoms in total. The van der Waals surface area contributed by atoms with Crippen molar-refractivity contribution in [2.45, 2.75) is 85.5 Å². The van der Waals surface area contributed by atoms with Gasteiger partial charge in [-0.1, -0.05) is 58.9 Å². The Hall–Kier alpha value is -2.18. The normalized spacial score (nSPS) is 16.9. The summed E-state index contributed by atoms with van der Waals surface area (Å²) in [5.41, 5.74) is 1.80. The average molecular weight is 441 g/mol. The molecule has 0 atom stereocenters. The van der Waals surface area contributed by atoms with Gasteiger partial charge < -0.3 is 14.6 Å². The SMILES string of the molecule is CC.CC(C)(C)c1ccc(C(=O)NCc2ccc(B3OC(C)(C)C(C)(C)O3)cc2F)cc1. The van der Waals surface area contributed by atoms with Crippen molar-refractivity contribution in [3.63, 3.8) is 0 Å². The molecule has 0 spiro atoms. The van der Waals surface area contributed by atoms with Crippen molar-refractivity contribution >= 4 is 18.5 Å². The summed E-state index contributed by atoms with van der Waals surface area (Å²) < 4.78 is 26.6. The van der Waals surface area contributed by atoms with E-state index < -0.39 is 24.1 Å². The standard InChI is InChI=1S/C24H31BFNO3.C2H6/c1-22(2,3)18-11-8-16(9-12-18)21(28)27-15-17-10-13-19(14-20(17)26)25-29-23(4,5)24(6,7)30-25;1-2/h8-14H,15H2,1-7H3,(H,27,28);1-2H3. The number of hydrogen-bond donors (Lipinski definition) is 1. The monoisotopic (exact) mass is 441 g/mol. The van der Waals surface area contributed by atoms with Gasteiger partial charge in [-0.15, -0.1) is 0 Å². The van der Waals surface area contributed by atoms with Gasteiger partial charge in [0.1, 0.15) is 5.82 Å². The minimum atomic E-state index is -0.616. The Kier molecular flexibility index (Phi) is 7.95. The van der Waals surface area contributed by atoms with Crippen LogP contribution >= 0.6 is 0 Å². The third-order valence-corrected chi connectivity index (χ3v) is 6.06. The molecule has 1 heterocycles. The Morgan fingerprint density at radius 3 is 1.97 bits per heavy atom. The summed E-state index contributed by atoms with van der Waals surface area (Å²) in [5, 5.41) is 2.79. The minimum absolute atomic E-state index is 0.0249. The lowest BCUT2D eigenvalue weighted by atomic mass is 9.78. The highest BCUT2D eigenvalue weighted by atomic mass is 19.1. The van der Waals surface area contributed by atoms with Gasteiger partial charge in [0, 0.05) is 17.7 Å². The Bertz CT molecular complexity index is 917. The number of carbonyl (C=O) groups excluding carboxylic acids is 1. The van der Waals surface area contributed by atoms with E-state index in [1.807, 2.05) is 53.7 Å². The van der Waals surface area contributed by atoms with E-state index in [4.69, 9.17) is 9.31 Å². The quantitative estimate of drug-likeness (QED) is 0.649. The Balaban J connectivity index is 0.00000176. The van der Waals surface area contributed by atoms with Crippen molar-refractivity contribution in [1.82, 2.24) is 5.32 Å². The molecule has 1 aliphatic rings. The van der Waals surface area contributed by atoms with Gasteiger partial charge in [-0.25, -0.2) is 4.39 Å². The number of carbonyl (C=O) groups is 1. The van der Waals surface area contributed by atoms with E-state index in [0.29, 0.717) is 16.6 Å². The van der Waals surface area contributed by atoms with Crippen LogP contribution in [-0.4, -0.2) is 24.2 Å². The number of hydrogen-bond acceptors (Lipinski definition) is 3. The van der Waals surface area contributed by atoms with Gasteiger partial charge in [-0.3, -0.25) is 4.79 Å². The van der Waals surface area contributed by atoms with Gasteiger partial charge in [0.25, 0.3) is 5.91 Å². The molecule has 174 valence electrons. The van der Waals surface area contributed by atoms with Gasteiger partial charge in [-0.05, 0) is 62.3 Å². The van der Waals surface area contributed by atoms with Crippen LogP contribution < -0.4 is 10.8 Å². The number of nitrogens with one attached hydrogen (secondary N) is 1. The maximum absolute atomic E-state index is 14.7. The minimum Gasteiger partial charge on any atom is -0.399 e. The van der Waals surface area contributed by atoms with Crippen LogP contribution in [-0.2, 0) is 21.3 Å². The zero-order chi connectivity index (χ0) is 24.3. The molecule has 0 bridgehead atoms. The lowest BCUT2D eigenvalue weighted by Gasteiger charge is -2.32. The van der Waals surface area contributed by atoms with Gasteiger partial charge in [-0.2, -0.15) is 0 Å². The highest BCUT2D eigenvalue weighted by molar-refractivity contribution is 6.62. The molecule has 32 heavy (non-hydrogen) atoms. The molecule has 0 radical (unpaired) electrons. The zero-order valence-electron chi connectivity index (χ0n) is 20.9. The molecule has 1 saturated heterocycles. The molecule has 1 amide bonds. The predicted octanol–water partition coefficient (Wildman–Crippen LogP) is 5.38. The summed E-state index contributed by atoms with van der Waals surface area (Å²) in [6, 6.07) is 12.4. The summed E-state index contributed by atoms with van der Waals surface area (Å²) in [5.74, 6) is -0.629. The maximum Gasteiger partial charge on any atom is 0.494 e. The second-order valence-electron chi connectivity index (χ2n) is 9.95. The molecule has 0 aromatic heterocycles. The van der Waals surface area contributed by atoms with E-state index in [-0.39, 0.29) is 17.9 Å². The lowest BCUT2D eigenvalue weighted by molar-refractivity contribution is 0.00578. The second-order valence-corrected chi connectivity index (χ2v) is 9.95. The fraction of sp³-hybridized carbons (Fsp3) is 0.500. The van der Waals surface area contributed by atoms with E-state index in [9.17, 15) is 9.18 Å². The summed E-state index contributed by atoms with van der Waals surface area (Å²) in [7, 11) is -0.616. The number of amides is 1. The fourth-order valence-corrected chi connectivity index (χ4v) is 3.23. The third-order valence-electron chi connectivity index (χ3n) is 6.06. The first kappa shape index (κ1) is 26.1. The second kappa shape index (κ2) is 9.76. The van der Waals surface area contributed by atoms with Crippen LogP contribution in [0.3, 0.4) is 0 Å². The zero-order valence-corrected chi connectivity index (χ0v) is 20.9. The topological polar surface area (TPSA) is 47.6 Å². The van der Waals surface area contributed by atoms with Crippen LogP contribution in [0, 0.1) is 5.82 Å². The molecule has 0 saturated carbocycles. The number of halogens is 1. The maximum atomic E-state index is 14.7. The average Bonchev–Trinajstić information content (AvgIpc) is 2.95. The molecular formula is C26H37BFNO3. The van der Waals surface area contributed by atoms with Gasteiger partial charge in [0.05, 0.1) is 11.2 Å². The van der Waals surface area contributed by atoms with E-state index in [1.165, 1.54) is 6.07 Å². The predicted molar refractivity (Wildman–Crippen MR) is 130 cm³/mol. The van der Waals surface area contributed by atoms with E-state index >= 15 is 0 Å². The summed E-state index contributed by atoms with van der Waals surface area (Å²) in [6.45, 7) is 18.3. The van der Waals surface area contributed by atoms with Gasteiger partial charge >= 0.3 is 7.12 Å². The van der Waals surface area contributed by atoms with Crippen molar-refractivity contribution < 1.29 is 18.5 Å². The van der Waals surface area contributed by atoms with Crippen LogP contribution in [0.25, 0.3) is 0 Å². The largest absolute Gasteiger partial charge is 0.494 e. The van der Waals surface area contributed by atoms with E-state index in [0.717, 1.165) is 5.56 Å². The lowest BCUT2D eigenvalue weighted by Crippen LogP contribution is -2.41. The van der Waals surface area contributed by atoms with Crippen LogP contribution in [0.15, 0.2) is 42.5 Å². The Morgan fingerprint density at radius 2 is 1.50 bits per heavy atom. The molecule has 2 aromatic rings. The summed E-state index contributed by atoms with van der Waals surface area (Å²) in [4.78, 5) is 12.4. The summed E-state index contributed by atoms with van der Waals surface area (Å²) in [6.07, 6.45) is 0. The highest BCUT2D eigenvalue weighted by Crippen LogP contribution is 2.36. The third kappa shape index (κ3) is 5.79. The number of benzene rings is 2. The molecule has 0 unspecified atom stereocenters. The molecule has 1 fully saturated rings. The van der Waals surface area contributed by atoms with Crippen molar-refractivity contribution in [2.75, 3.05) is 0 Å². The van der Waals surface area contributed by atoms with Gasteiger partial charge in [0.15, 0.2) is 0 Å². The highest BCUT2D eigenvalue weighted by Gasteiger charge is 2.51. The number of rotatable bonds is 4. The van der Waals surface area contributed by atoms with Crippen molar-refractivity contribution in [3.05, 3.63) is 65.0 Å². The first-order chi connectivity index (χ1) is 14.8. The molecule has 1 N–H and O–H groups in total. The van der Waals surface area contributed by atoms with Crippen molar-refractivity contribution in [1.29, 1.82) is 0 Å². The van der Waals surface area contributed by atoms with E-state index in [1.54, 1.807) is 24.3 Å². The summed E-state index contributed by atoms with van der Waals surface area (Å²) >= 11 is 0. The molecule has 1 aliphatic heterocycles. The van der Waals surface area contributed by atoms with Crippen molar-refractivity contribution in [2.24, 2.45) is 0 Å². The smallest absolute Gasteiger partial charge is 0.399 e. The first-order valence-electron chi connectivity index (χ1n) is 11.3. The van der Waals surface area contributed by atoms with E-state index in [2.05, 4.69) is 26.1 Å². The molecule has 2 aromatic carbocycles. The van der Waals surface area contributed by atoms with Crippen LogP contribution in [0.4, 0.5) is 4.39 Å². The van der Waals surface area contributed by atoms with Crippen molar-refractivity contribution in [3.8, 4) is 0 Å². The fourth-order valence-electron chi connectivity index (χ4n) is 3.23.